The summed E-state index contributed by atoms with van der Waals surface area (Å²) in [7, 11) is 1.52. The van der Waals surface area contributed by atoms with Gasteiger partial charge in [0.05, 0.1) is 24.4 Å². The van der Waals surface area contributed by atoms with E-state index < -0.39 is 23.0 Å². The molecule has 2 aliphatic rings. The monoisotopic (exact) mass is 748 g/mol. The van der Waals surface area contributed by atoms with Crippen molar-refractivity contribution in [1.82, 2.24) is 29.2 Å². The molecule has 1 saturated carbocycles. The zero-order valence-corrected chi connectivity index (χ0v) is 32.0. The van der Waals surface area contributed by atoms with Crippen molar-refractivity contribution < 1.29 is 18.7 Å². The summed E-state index contributed by atoms with van der Waals surface area (Å²) in [5.41, 5.74) is 3.74. The molecule has 11 nitrogen and oxygen atoms in total. The quantitative estimate of drug-likeness (QED) is 0.127. The van der Waals surface area contributed by atoms with E-state index in [2.05, 4.69) is 58.2 Å². The van der Waals surface area contributed by atoms with Gasteiger partial charge in [0, 0.05) is 64.3 Å². The molecule has 55 heavy (non-hydrogen) atoms. The van der Waals surface area contributed by atoms with Gasteiger partial charge in [0.1, 0.15) is 5.82 Å². The maximum Gasteiger partial charge on any atom is 0.337 e. The van der Waals surface area contributed by atoms with E-state index in [1.807, 2.05) is 30.3 Å². The third kappa shape index (κ3) is 8.56. The molecule has 1 aliphatic carbocycles. The van der Waals surface area contributed by atoms with E-state index in [1.54, 1.807) is 12.1 Å². The van der Waals surface area contributed by atoms with Gasteiger partial charge < -0.3 is 14.8 Å². The van der Waals surface area contributed by atoms with E-state index >= 15 is 0 Å². The molecular formula is C43H49FN6O5. The summed E-state index contributed by atoms with van der Waals surface area (Å²) in [6.45, 7) is 11.5. The van der Waals surface area contributed by atoms with Crippen molar-refractivity contribution in [2.75, 3.05) is 33.3 Å². The molecule has 288 valence electrons. The van der Waals surface area contributed by atoms with Crippen molar-refractivity contribution in [3.8, 4) is 28.3 Å². The second kappa shape index (κ2) is 16.7. The second-order valence-corrected chi connectivity index (χ2v) is 14.9. The smallest absolute Gasteiger partial charge is 0.337 e. The molecule has 7 rings (SSSR count). The lowest BCUT2D eigenvalue weighted by molar-refractivity contribution is -0.132. The number of ether oxygens (including phenoxy) is 2. The number of pyridine rings is 1. The topological polar surface area (TPSA) is 111 Å². The van der Waals surface area contributed by atoms with Crippen LogP contribution in [0, 0.1) is 5.82 Å². The predicted molar refractivity (Wildman–Crippen MR) is 211 cm³/mol. The van der Waals surface area contributed by atoms with E-state index in [0.717, 1.165) is 68.5 Å². The molecule has 3 aromatic carbocycles. The molecule has 0 atom stereocenters. The number of fused-ring (bicyclic) bond motifs is 1. The summed E-state index contributed by atoms with van der Waals surface area (Å²) in [5.74, 6) is -0.229. The van der Waals surface area contributed by atoms with Gasteiger partial charge in [0.2, 0.25) is 0 Å². The number of hydrogen-bond donors (Lipinski definition) is 1. The van der Waals surface area contributed by atoms with Crippen LogP contribution in [0.4, 0.5) is 4.39 Å². The van der Waals surface area contributed by atoms with Gasteiger partial charge in [0.25, 0.3) is 5.56 Å². The fraction of sp³-hybridized carbons (Fsp3) is 0.395. The highest BCUT2D eigenvalue weighted by Gasteiger charge is 2.27. The standard InChI is InChI=1S/C43H49FN6O5/c1-28(2)48-20-18-47(19-21-48)27-30-8-11-32(12-9-30)33-6-5-7-37(23-33)49-41-38(24-34(44)26-46-41)42(52)50(43(49)53)36-15-13-35(14-16-36)45-25-31-10-17-39(54-4)40(22-31)55-29(3)51/h5-12,17,22-24,26,28,35-36,45H,13-16,18-21,25,27H2,1-4H3/t35-,36+. The molecule has 1 N–H and O–H groups in total. The molecule has 3 heterocycles. The highest BCUT2D eigenvalue weighted by atomic mass is 19.1. The highest BCUT2D eigenvalue weighted by molar-refractivity contribution is 5.76. The molecule has 1 aliphatic heterocycles. The fourth-order valence-electron chi connectivity index (χ4n) is 7.93. The number of carbonyl (C=O) groups excluding carboxylic acids is 1. The fourth-order valence-corrected chi connectivity index (χ4v) is 7.93. The Hall–Kier alpha value is -5.17. The Labute approximate surface area is 320 Å². The SMILES string of the molecule is COc1ccc(CN[C@H]2CC[C@@H](n3c(=O)c4cc(F)cnc4n(-c4cccc(-c5ccc(CN6CCN(C(C)C)CC6)cc5)c4)c3=O)CC2)cc1OC(C)=O. The number of nitrogens with one attached hydrogen (secondary N) is 1. The minimum absolute atomic E-state index is 0.0620. The molecule has 2 aromatic heterocycles. The summed E-state index contributed by atoms with van der Waals surface area (Å²) in [5, 5.41) is 3.63. The number of carbonyl (C=O) groups is 1. The highest BCUT2D eigenvalue weighted by Crippen LogP contribution is 2.31. The first-order valence-corrected chi connectivity index (χ1v) is 19.2. The summed E-state index contributed by atoms with van der Waals surface area (Å²) < 4.78 is 28.0. The predicted octanol–water partition coefficient (Wildman–Crippen LogP) is 6.09. The third-order valence-corrected chi connectivity index (χ3v) is 11.0. The Morgan fingerprint density at radius 2 is 1.62 bits per heavy atom. The van der Waals surface area contributed by atoms with Crippen LogP contribution in [0.2, 0.25) is 0 Å². The second-order valence-electron chi connectivity index (χ2n) is 14.9. The summed E-state index contributed by atoms with van der Waals surface area (Å²) in [6.07, 6.45) is 3.66. The van der Waals surface area contributed by atoms with Crippen molar-refractivity contribution in [3.05, 3.63) is 117 Å². The van der Waals surface area contributed by atoms with Crippen molar-refractivity contribution in [3.63, 3.8) is 0 Å². The first-order valence-electron chi connectivity index (χ1n) is 19.2. The summed E-state index contributed by atoms with van der Waals surface area (Å²) in [6, 6.07) is 23.1. The first-order chi connectivity index (χ1) is 26.6. The maximum absolute atomic E-state index is 14.6. The van der Waals surface area contributed by atoms with E-state index in [-0.39, 0.29) is 23.1 Å². The van der Waals surface area contributed by atoms with E-state index in [9.17, 15) is 18.8 Å². The van der Waals surface area contributed by atoms with Crippen LogP contribution in [0.1, 0.15) is 63.6 Å². The molecule has 1 saturated heterocycles. The van der Waals surface area contributed by atoms with Crippen LogP contribution < -0.4 is 26.0 Å². The lowest BCUT2D eigenvalue weighted by Gasteiger charge is -2.36. The number of hydrogen-bond acceptors (Lipinski definition) is 9. The molecule has 2 fully saturated rings. The number of piperazine rings is 1. The molecule has 0 unspecified atom stereocenters. The number of rotatable bonds is 11. The lowest BCUT2D eigenvalue weighted by Crippen LogP contribution is -2.48. The van der Waals surface area contributed by atoms with Gasteiger partial charge >= 0.3 is 11.7 Å². The Kier molecular flexibility index (Phi) is 11.6. The van der Waals surface area contributed by atoms with E-state index in [0.29, 0.717) is 42.6 Å². The minimum atomic E-state index is -0.639. The molecule has 12 heteroatoms. The van der Waals surface area contributed by atoms with Crippen LogP contribution in [-0.2, 0) is 17.9 Å². The Morgan fingerprint density at radius 3 is 2.31 bits per heavy atom. The molecule has 0 bridgehead atoms. The van der Waals surface area contributed by atoms with E-state index in [1.165, 1.54) is 34.8 Å². The molecule has 0 spiro atoms. The molecule has 0 radical (unpaired) electrons. The van der Waals surface area contributed by atoms with Gasteiger partial charge in [-0.15, -0.1) is 0 Å². The van der Waals surface area contributed by atoms with Crippen molar-refractivity contribution in [1.29, 1.82) is 0 Å². The number of benzene rings is 3. The van der Waals surface area contributed by atoms with Gasteiger partial charge in [-0.2, -0.15) is 0 Å². The lowest BCUT2D eigenvalue weighted by atomic mass is 9.90. The number of nitrogens with zero attached hydrogens (tertiary/aromatic N) is 5. The van der Waals surface area contributed by atoms with Crippen LogP contribution in [0.15, 0.2) is 88.6 Å². The summed E-state index contributed by atoms with van der Waals surface area (Å²) in [4.78, 5) is 49.2. The average molecular weight is 749 g/mol. The normalized spacial score (nSPS) is 18.1. The minimum Gasteiger partial charge on any atom is -0.493 e. The largest absolute Gasteiger partial charge is 0.493 e. The number of esters is 1. The van der Waals surface area contributed by atoms with Gasteiger partial charge in [0.15, 0.2) is 17.1 Å². The van der Waals surface area contributed by atoms with Crippen LogP contribution in [0.5, 0.6) is 11.5 Å². The Bertz CT molecular complexity index is 2270. The van der Waals surface area contributed by atoms with E-state index in [4.69, 9.17) is 9.47 Å². The Morgan fingerprint density at radius 1 is 0.891 bits per heavy atom. The number of methoxy groups -OCH3 is 1. The van der Waals surface area contributed by atoms with Crippen LogP contribution in [0.25, 0.3) is 27.8 Å². The van der Waals surface area contributed by atoms with Gasteiger partial charge in [-0.3, -0.25) is 24.0 Å². The molecule has 5 aromatic rings. The maximum atomic E-state index is 14.6. The Balaban J connectivity index is 1.09. The van der Waals surface area contributed by atoms with Crippen molar-refractivity contribution >= 4 is 17.0 Å². The summed E-state index contributed by atoms with van der Waals surface area (Å²) >= 11 is 0. The molecule has 0 amide bonds. The van der Waals surface area contributed by atoms with Gasteiger partial charge in [-0.1, -0.05) is 42.5 Å². The average Bonchev–Trinajstić information content (AvgIpc) is 3.18. The number of aromatic nitrogens is 3. The van der Waals surface area contributed by atoms with Crippen LogP contribution in [0.3, 0.4) is 0 Å². The van der Waals surface area contributed by atoms with Crippen molar-refractivity contribution in [2.24, 2.45) is 0 Å². The van der Waals surface area contributed by atoms with Crippen LogP contribution >= 0.6 is 0 Å². The van der Waals surface area contributed by atoms with Crippen molar-refractivity contribution in [2.45, 2.75) is 77.7 Å². The molecular weight excluding hydrogens is 700 g/mol. The third-order valence-electron chi connectivity index (χ3n) is 11.0. The zero-order valence-electron chi connectivity index (χ0n) is 32.0. The van der Waals surface area contributed by atoms with Gasteiger partial charge in [-0.25, -0.2) is 18.7 Å². The number of halogens is 1. The van der Waals surface area contributed by atoms with Gasteiger partial charge in [-0.05, 0) is 92.1 Å². The van der Waals surface area contributed by atoms with Crippen LogP contribution in [-0.4, -0.2) is 75.3 Å². The zero-order chi connectivity index (χ0) is 38.6. The first kappa shape index (κ1) is 38.1.